The van der Waals surface area contributed by atoms with Crippen molar-refractivity contribution in [3.05, 3.63) is 89.0 Å². The lowest BCUT2D eigenvalue weighted by Gasteiger charge is -2.19. The molecule has 0 spiro atoms. The van der Waals surface area contributed by atoms with Crippen LogP contribution in [0.15, 0.2) is 65.6 Å². The number of hydrogen-bond donors (Lipinski definition) is 1. The van der Waals surface area contributed by atoms with E-state index >= 15 is 0 Å². The van der Waals surface area contributed by atoms with Crippen molar-refractivity contribution in [1.29, 1.82) is 0 Å². The zero-order chi connectivity index (χ0) is 18.7. The average Bonchev–Trinajstić information content (AvgIpc) is 2.60. The van der Waals surface area contributed by atoms with Gasteiger partial charge in [0.2, 0.25) is 10.0 Å². The second-order valence-corrected chi connectivity index (χ2v) is 8.00. The van der Waals surface area contributed by atoms with Crippen LogP contribution in [-0.2, 0) is 10.0 Å². The molecule has 0 bridgehead atoms. The molecule has 6 heteroatoms. The van der Waals surface area contributed by atoms with E-state index in [4.69, 9.17) is 0 Å². The van der Waals surface area contributed by atoms with Gasteiger partial charge in [-0.15, -0.1) is 0 Å². The van der Waals surface area contributed by atoms with Crippen LogP contribution in [0.5, 0.6) is 0 Å². The van der Waals surface area contributed by atoms with Crippen LogP contribution >= 0.6 is 0 Å². The fraction of sp³-hybridized carbons (Fsp3) is 0.200. The summed E-state index contributed by atoms with van der Waals surface area (Å²) in [5, 5.41) is 0. The molecule has 1 unspecified atom stereocenters. The van der Waals surface area contributed by atoms with Crippen molar-refractivity contribution in [2.24, 2.45) is 0 Å². The van der Waals surface area contributed by atoms with Crippen LogP contribution in [0.1, 0.15) is 34.4 Å². The highest BCUT2D eigenvalue weighted by atomic mass is 32.2. The normalized spacial score (nSPS) is 12.7. The van der Waals surface area contributed by atoms with Crippen molar-refractivity contribution >= 4 is 10.0 Å². The maximum atomic E-state index is 12.9. The van der Waals surface area contributed by atoms with Crippen molar-refractivity contribution in [3.63, 3.8) is 0 Å². The lowest BCUT2D eigenvalue weighted by Crippen LogP contribution is -2.31. The van der Waals surface area contributed by atoms with E-state index in [1.807, 2.05) is 57.2 Å². The van der Waals surface area contributed by atoms with Crippen LogP contribution in [0.3, 0.4) is 0 Å². The van der Waals surface area contributed by atoms with Gasteiger partial charge in [0.15, 0.2) is 5.82 Å². The lowest BCUT2D eigenvalue weighted by molar-refractivity contribution is 0.566. The number of sulfonamides is 1. The van der Waals surface area contributed by atoms with Crippen LogP contribution in [-0.4, -0.2) is 18.4 Å². The summed E-state index contributed by atoms with van der Waals surface area (Å²) in [5.41, 5.74) is 3.38. The first-order valence-corrected chi connectivity index (χ1v) is 9.79. The molecule has 26 heavy (non-hydrogen) atoms. The SMILES string of the molecule is Cc1ccc(S(=O)(=O)NC(c2ccccc2)c2nc(C)cc(C)n2)cc1. The summed E-state index contributed by atoms with van der Waals surface area (Å²) in [7, 11) is -3.73. The molecular weight excluding hydrogens is 346 g/mol. The first-order chi connectivity index (χ1) is 12.3. The molecule has 0 saturated heterocycles. The monoisotopic (exact) mass is 367 g/mol. The molecule has 1 atom stereocenters. The molecule has 0 radical (unpaired) electrons. The minimum absolute atomic E-state index is 0.216. The van der Waals surface area contributed by atoms with Crippen molar-refractivity contribution < 1.29 is 8.42 Å². The molecule has 0 aliphatic rings. The summed E-state index contributed by atoms with van der Waals surface area (Å²) in [6.45, 7) is 5.66. The largest absolute Gasteiger partial charge is 0.241 e. The Balaban J connectivity index is 2.05. The van der Waals surface area contributed by atoms with Crippen LogP contribution in [0.25, 0.3) is 0 Å². The summed E-state index contributed by atoms with van der Waals surface area (Å²) in [5.74, 6) is 0.435. The summed E-state index contributed by atoms with van der Waals surface area (Å²) in [6, 6.07) is 17.3. The molecular formula is C20H21N3O2S. The van der Waals surface area contributed by atoms with Gasteiger partial charge in [0.25, 0.3) is 0 Å². The predicted octanol–water partition coefficient (Wildman–Crippen LogP) is 3.47. The molecule has 0 aliphatic carbocycles. The van der Waals surface area contributed by atoms with Crippen molar-refractivity contribution in [3.8, 4) is 0 Å². The molecule has 1 N–H and O–H groups in total. The van der Waals surface area contributed by atoms with E-state index in [2.05, 4.69) is 14.7 Å². The van der Waals surface area contributed by atoms with Crippen molar-refractivity contribution in [2.45, 2.75) is 31.7 Å². The van der Waals surface area contributed by atoms with Gasteiger partial charge in [-0.25, -0.2) is 18.4 Å². The number of nitrogens with one attached hydrogen (secondary N) is 1. The number of nitrogens with zero attached hydrogens (tertiary/aromatic N) is 2. The Morgan fingerprint density at radius 2 is 1.42 bits per heavy atom. The lowest BCUT2D eigenvalue weighted by atomic mass is 10.1. The summed E-state index contributed by atoms with van der Waals surface area (Å²) < 4.78 is 28.6. The summed E-state index contributed by atoms with van der Waals surface area (Å²) >= 11 is 0. The molecule has 3 rings (SSSR count). The molecule has 3 aromatic rings. The Morgan fingerprint density at radius 1 is 0.846 bits per heavy atom. The maximum absolute atomic E-state index is 12.9. The maximum Gasteiger partial charge on any atom is 0.241 e. The van der Waals surface area contributed by atoms with E-state index in [-0.39, 0.29) is 4.90 Å². The molecule has 1 heterocycles. The zero-order valence-corrected chi connectivity index (χ0v) is 15.8. The molecule has 0 fully saturated rings. The van der Waals surface area contributed by atoms with Crippen LogP contribution < -0.4 is 4.72 Å². The highest BCUT2D eigenvalue weighted by Gasteiger charge is 2.25. The van der Waals surface area contributed by atoms with E-state index in [1.54, 1.807) is 24.3 Å². The smallest absolute Gasteiger partial charge is 0.236 e. The highest BCUT2D eigenvalue weighted by Crippen LogP contribution is 2.23. The summed E-state index contributed by atoms with van der Waals surface area (Å²) in [4.78, 5) is 9.15. The van der Waals surface area contributed by atoms with Gasteiger partial charge >= 0.3 is 0 Å². The minimum atomic E-state index is -3.73. The van der Waals surface area contributed by atoms with E-state index < -0.39 is 16.1 Å². The third-order valence-corrected chi connectivity index (χ3v) is 5.43. The Hall–Kier alpha value is -2.57. The van der Waals surface area contributed by atoms with Gasteiger partial charge < -0.3 is 0 Å². The van der Waals surface area contributed by atoms with Gasteiger partial charge in [0.1, 0.15) is 6.04 Å². The van der Waals surface area contributed by atoms with Gasteiger partial charge in [-0.2, -0.15) is 4.72 Å². The number of hydrogen-bond acceptors (Lipinski definition) is 4. The quantitative estimate of drug-likeness (QED) is 0.749. The Kier molecular flexibility index (Phi) is 5.15. The second-order valence-electron chi connectivity index (χ2n) is 6.29. The predicted molar refractivity (Wildman–Crippen MR) is 101 cm³/mol. The third kappa shape index (κ3) is 4.15. The Morgan fingerprint density at radius 3 is 2.00 bits per heavy atom. The number of aromatic nitrogens is 2. The topological polar surface area (TPSA) is 72.0 Å². The van der Waals surface area contributed by atoms with Crippen LogP contribution in [0, 0.1) is 20.8 Å². The Bertz CT molecular complexity index is 981. The molecule has 2 aromatic carbocycles. The molecule has 0 aliphatic heterocycles. The second kappa shape index (κ2) is 7.35. The van der Waals surface area contributed by atoms with E-state index in [1.165, 1.54) is 0 Å². The minimum Gasteiger partial charge on any atom is -0.236 e. The fourth-order valence-electron chi connectivity index (χ4n) is 2.74. The van der Waals surface area contributed by atoms with E-state index in [0.717, 1.165) is 22.5 Å². The Labute approximate surface area is 154 Å². The molecule has 0 amide bonds. The van der Waals surface area contributed by atoms with Gasteiger partial charge in [-0.1, -0.05) is 48.0 Å². The number of aryl methyl sites for hydroxylation is 3. The summed E-state index contributed by atoms with van der Waals surface area (Å²) in [6.07, 6.45) is 0. The standard InChI is InChI=1S/C20H21N3O2S/c1-14-9-11-18(12-10-14)26(24,25)23-19(17-7-5-4-6-8-17)20-21-15(2)13-16(3)22-20/h4-13,19,23H,1-3H3. The average molecular weight is 367 g/mol. The van der Waals surface area contributed by atoms with Gasteiger partial charge in [0.05, 0.1) is 4.90 Å². The molecule has 1 aromatic heterocycles. The first-order valence-electron chi connectivity index (χ1n) is 8.31. The van der Waals surface area contributed by atoms with E-state index in [9.17, 15) is 8.42 Å². The molecule has 134 valence electrons. The van der Waals surface area contributed by atoms with Crippen LogP contribution in [0.2, 0.25) is 0 Å². The highest BCUT2D eigenvalue weighted by molar-refractivity contribution is 7.89. The van der Waals surface area contributed by atoms with Crippen molar-refractivity contribution in [1.82, 2.24) is 14.7 Å². The van der Waals surface area contributed by atoms with Gasteiger partial charge in [-0.05, 0) is 44.5 Å². The van der Waals surface area contributed by atoms with Crippen molar-refractivity contribution in [2.75, 3.05) is 0 Å². The third-order valence-electron chi connectivity index (χ3n) is 3.99. The first kappa shape index (κ1) is 18.2. The van der Waals surface area contributed by atoms with Gasteiger partial charge in [0, 0.05) is 11.4 Å². The van der Waals surface area contributed by atoms with E-state index in [0.29, 0.717) is 5.82 Å². The molecule has 0 saturated carbocycles. The zero-order valence-electron chi connectivity index (χ0n) is 15.0. The van der Waals surface area contributed by atoms with Crippen LogP contribution in [0.4, 0.5) is 0 Å². The fourth-order valence-corrected chi connectivity index (χ4v) is 3.92. The molecule has 5 nitrogen and oxygen atoms in total. The number of benzene rings is 2. The van der Waals surface area contributed by atoms with Gasteiger partial charge in [-0.3, -0.25) is 0 Å². The number of rotatable bonds is 5.